The van der Waals surface area contributed by atoms with E-state index in [1.807, 2.05) is 6.08 Å². The van der Waals surface area contributed by atoms with Gasteiger partial charge in [-0.15, -0.1) is 0 Å². The lowest BCUT2D eigenvalue weighted by atomic mass is 10.1. The quantitative estimate of drug-likeness (QED) is 0.293. The minimum absolute atomic E-state index is 0.249. The fourth-order valence-electron chi connectivity index (χ4n) is 2.61. The molecule has 0 aromatic heterocycles. The summed E-state index contributed by atoms with van der Waals surface area (Å²) in [5, 5.41) is 27.5. The summed E-state index contributed by atoms with van der Waals surface area (Å²) in [4.78, 5) is 0. The molecule has 0 amide bonds. The minimum Gasteiger partial charge on any atom is -0.394 e. The largest absolute Gasteiger partial charge is 0.394 e. The Balaban J connectivity index is 3.23. The van der Waals surface area contributed by atoms with Gasteiger partial charge >= 0.3 is 0 Å². The number of rotatable bonds is 16. The van der Waals surface area contributed by atoms with Crippen molar-refractivity contribution in [2.24, 2.45) is 0 Å². The SMILES string of the molecule is CCCCCCCCCCCC/C=C/C[C@H](O)C[C@H](O)CO. The summed E-state index contributed by atoms with van der Waals surface area (Å²) in [5.74, 6) is 0. The van der Waals surface area contributed by atoms with Gasteiger partial charge in [0.05, 0.1) is 18.8 Å². The van der Waals surface area contributed by atoms with Crippen molar-refractivity contribution in [2.45, 2.75) is 103 Å². The molecule has 22 heavy (non-hydrogen) atoms. The maximum Gasteiger partial charge on any atom is 0.0795 e. The molecular weight excluding hydrogens is 276 g/mol. The van der Waals surface area contributed by atoms with Gasteiger partial charge in [-0.25, -0.2) is 0 Å². The molecule has 0 radical (unpaired) electrons. The number of allylic oxidation sites excluding steroid dienone is 1. The standard InChI is InChI=1S/C19H38O3/c1-2-3-4-5-6-7-8-9-10-11-12-13-14-15-18(21)16-19(22)17-20/h13-14,18-22H,2-12,15-17H2,1H3/b14-13+/t18-,19-/m0/s1. The maximum atomic E-state index is 9.61. The van der Waals surface area contributed by atoms with E-state index in [0.717, 1.165) is 6.42 Å². The number of hydrogen-bond acceptors (Lipinski definition) is 3. The van der Waals surface area contributed by atoms with Crippen LogP contribution in [0.25, 0.3) is 0 Å². The second kappa shape index (κ2) is 17.0. The normalized spacial score (nSPS) is 14.5. The molecule has 2 atom stereocenters. The molecule has 0 aliphatic heterocycles. The summed E-state index contributed by atoms with van der Waals surface area (Å²) >= 11 is 0. The van der Waals surface area contributed by atoms with Crippen molar-refractivity contribution in [1.29, 1.82) is 0 Å². The Bertz CT molecular complexity index is 241. The van der Waals surface area contributed by atoms with Gasteiger partial charge in [0, 0.05) is 6.42 Å². The van der Waals surface area contributed by atoms with Gasteiger partial charge in [-0.2, -0.15) is 0 Å². The Hall–Kier alpha value is -0.380. The van der Waals surface area contributed by atoms with Crippen LogP contribution in [0.1, 0.15) is 90.4 Å². The average Bonchev–Trinajstić information content (AvgIpc) is 2.51. The number of aliphatic hydroxyl groups is 3. The summed E-state index contributed by atoms with van der Waals surface area (Å²) in [5.41, 5.74) is 0. The molecular formula is C19H38O3. The number of aliphatic hydroxyl groups excluding tert-OH is 3. The first kappa shape index (κ1) is 21.6. The van der Waals surface area contributed by atoms with Crippen LogP contribution < -0.4 is 0 Å². The van der Waals surface area contributed by atoms with E-state index in [4.69, 9.17) is 5.11 Å². The summed E-state index contributed by atoms with van der Waals surface area (Å²) in [6.45, 7) is 1.98. The molecule has 3 N–H and O–H groups in total. The molecule has 0 spiro atoms. The third-order valence-corrected chi connectivity index (χ3v) is 4.05. The summed E-state index contributed by atoms with van der Waals surface area (Å²) in [6, 6.07) is 0. The van der Waals surface area contributed by atoms with E-state index < -0.39 is 12.2 Å². The van der Waals surface area contributed by atoms with E-state index >= 15 is 0 Å². The van der Waals surface area contributed by atoms with Gasteiger partial charge in [-0.05, 0) is 19.3 Å². The Morgan fingerprint density at radius 2 is 1.27 bits per heavy atom. The Kier molecular flexibility index (Phi) is 16.7. The van der Waals surface area contributed by atoms with Gasteiger partial charge in [0.15, 0.2) is 0 Å². The zero-order chi connectivity index (χ0) is 16.5. The van der Waals surface area contributed by atoms with Crippen LogP contribution in [0, 0.1) is 0 Å². The Labute approximate surface area is 137 Å². The van der Waals surface area contributed by atoms with Crippen LogP contribution in [-0.2, 0) is 0 Å². The Morgan fingerprint density at radius 3 is 1.82 bits per heavy atom. The predicted octanol–water partition coefficient (Wildman–Crippen LogP) is 4.35. The van der Waals surface area contributed by atoms with Crippen molar-refractivity contribution < 1.29 is 15.3 Å². The topological polar surface area (TPSA) is 60.7 Å². The summed E-state index contributed by atoms with van der Waals surface area (Å²) < 4.78 is 0. The zero-order valence-electron chi connectivity index (χ0n) is 14.6. The second-order valence-corrected chi connectivity index (χ2v) is 6.40. The van der Waals surface area contributed by atoms with Crippen LogP contribution in [0.15, 0.2) is 12.2 Å². The van der Waals surface area contributed by atoms with Crippen LogP contribution in [0.3, 0.4) is 0 Å². The highest BCUT2D eigenvalue weighted by atomic mass is 16.3. The van der Waals surface area contributed by atoms with Crippen molar-refractivity contribution in [3.05, 3.63) is 12.2 Å². The van der Waals surface area contributed by atoms with Crippen LogP contribution in [0.2, 0.25) is 0 Å². The van der Waals surface area contributed by atoms with Crippen LogP contribution in [-0.4, -0.2) is 34.1 Å². The van der Waals surface area contributed by atoms with E-state index in [9.17, 15) is 10.2 Å². The highest BCUT2D eigenvalue weighted by molar-refractivity contribution is 4.84. The van der Waals surface area contributed by atoms with E-state index in [1.54, 1.807) is 0 Å². The van der Waals surface area contributed by atoms with Crippen molar-refractivity contribution in [1.82, 2.24) is 0 Å². The average molecular weight is 315 g/mol. The molecule has 0 unspecified atom stereocenters. The van der Waals surface area contributed by atoms with Crippen LogP contribution in [0.5, 0.6) is 0 Å². The molecule has 0 rings (SSSR count). The Morgan fingerprint density at radius 1 is 0.727 bits per heavy atom. The number of unbranched alkanes of at least 4 members (excludes halogenated alkanes) is 10. The van der Waals surface area contributed by atoms with E-state index in [1.165, 1.54) is 64.2 Å². The smallest absolute Gasteiger partial charge is 0.0795 e. The van der Waals surface area contributed by atoms with Crippen molar-refractivity contribution >= 4 is 0 Å². The van der Waals surface area contributed by atoms with Crippen LogP contribution >= 0.6 is 0 Å². The van der Waals surface area contributed by atoms with Gasteiger partial charge in [0.2, 0.25) is 0 Å². The van der Waals surface area contributed by atoms with Crippen molar-refractivity contribution in [2.75, 3.05) is 6.61 Å². The molecule has 0 fully saturated rings. The van der Waals surface area contributed by atoms with Gasteiger partial charge in [-0.3, -0.25) is 0 Å². The predicted molar refractivity (Wildman–Crippen MR) is 93.9 cm³/mol. The molecule has 0 bridgehead atoms. The molecule has 0 saturated carbocycles. The van der Waals surface area contributed by atoms with Crippen LogP contribution in [0.4, 0.5) is 0 Å². The molecule has 132 valence electrons. The summed E-state index contributed by atoms with van der Waals surface area (Å²) in [7, 11) is 0. The fourth-order valence-corrected chi connectivity index (χ4v) is 2.61. The number of hydrogen-bond donors (Lipinski definition) is 3. The monoisotopic (exact) mass is 314 g/mol. The highest BCUT2D eigenvalue weighted by Gasteiger charge is 2.08. The molecule has 0 aromatic carbocycles. The lowest BCUT2D eigenvalue weighted by Gasteiger charge is -2.11. The molecule has 3 heteroatoms. The molecule has 3 nitrogen and oxygen atoms in total. The molecule has 0 aliphatic rings. The van der Waals surface area contributed by atoms with Gasteiger partial charge in [0.25, 0.3) is 0 Å². The first-order valence-corrected chi connectivity index (χ1v) is 9.32. The molecule has 0 heterocycles. The maximum absolute atomic E-state index is 9.61. The van der Waals surface area contributed by atoms with Gasteiger partial charge in [0.1, 0.15) is 0 Å². The summed E-state index contributed by atoms with van der Waals surface area (Å²) in [6.07, 6.45) is 18.2. The van der Waals surface area contributed by atoms with E-state index in [-0.39, 0.29) is 13.0 Å². The lowest BCUT2D eigenvalue weighted by molar-refractivity contribution is 0.0428. The highest BCUT2D eigenvalue weighted by Crippen LogP contribution is 2.11. The minimum atomic E-state index is -0.801. The lowest BCUT2D eigenvalue weighted by Crippen LogP contribution is -2.20. The van der Waals surface area contributed by atoms with Gasteiger partial charge in [-0.1, -0.05) is 76.9 Å². The third kappa shape index (κ3) is 16.0. The van der Waals surface area contributed by atoms with Gasteiger partial charge < -0.3 is 15.3 Å². The van der Waals surface area contributed by atoms with Crippen molar-refractivity contribution in [3.8, 4) is 0 Å². The second-order valence-electron chi connectivity index (χ2n) is 6.40. The van der Waals surface area contributed by atoms with E-state index in [2.05, 4.69) is 13.0 Å². The molecule has 0 aliphatic carbocycles. The third-order valence-electron chi connectivity index (χ3n) is 4.05. The molecule has 0 saturated heterocycles. The fraction of sp³-hybridized carbons (Fsp3) is 0.895. The first-order valence-electron chi connectivity index (χ1n) is 9.32. The van der Waals surface area contributed by atoms with E-state index in [0.29, 0.717) is 6.42 Å². The van der Waals surface area contributed by atoms with Crippen molar-refractivity contribution in [3.63, 3.8) is 0 Å². The zero-order valence-corrected chi connectivity index (χ0v) is 14.6. The molecule has 0 aromatic rings. The first-order chi connectivity index (χ1) is 10.7.